The van der Waals surface area contributed by atoms with Crippen molar-refractivity contribution in [3.05, 3.63) is 0 Å². The Morgan fingerprint density at radius 1 is 1.50 bits per heavy atom. The first kappa shape index (κ1) is 11.0. The van der Waals surface area contributed by atoms with Crippen molar-refractivity contribution in [2.24, 2.45) is 11.8 Å². The van der Waals surface area contributed by atoms with Gasteiger partial charge in [-0.15, -0.1) is 0 Å². The van der Waals surface area contributed by atoms with Gasteiger partial charge >= 0.3 is 0 Å². The van der Waals surface area contributed by atoms with Gasteiger partial charge in [0.25, 0.3) is 0 Å². The third-order valence-corrected chi connectivity index (χ3v) is 2.46. The van der Waals surface area contributed by atoms with E-state index in [9.17, 15) is 0 Å². The summed E-state index contributed by atoms with van der Waals surface area (Å²) in [7, 11) is 0. The van der Waals surface area contributed by atoms with E-state index in [1.54, 1.807) is 5.06 Å². The Balaban J connectivity index is 2.60. The molecule has 1 aliphatic heterocycles. The van der Waals surface area contributed by atoms with Crippen molar-refractivity contribution in [1.29, 1.82) is 10.5 Å². The highest BCUT2D eigenvalue weighted by molar-refractivity contribution is 4.96. The molecule has 0 aromatic heterocycles. The van der Waals surface area contributed by atoms with Crippen LogP contribution in [0.15, 0.2) is 0 Å². The van der Waals surface area contributed by atoms with E-state index in [-0.39, 0.29) is 12.0 Å². The molecule has 76 valence electrons. The average molecular weight is 193 g/mol. The van der Waals surface area contributed by atoms with Crippen LogP contribution in [0.2, 0.25) is 0 Å². The molecule has 1 fully saturated rings. The first-order valence-corrected chi connectivity index (χ1v) is 4.86. The van der Waals surface area contributed by atoms with Crippen molar-refractivity contribution < 1.29 is 4.84 Å². The van der Waals surface area contributed by atoms with E-state index in [0.29, 0.717) is 25.5 Å². The lowest BCUT2D eigenvalue weighted by Gasteiger charge is -2.25. The van der Waals surface area contributed by atoms with E-state index in [1.807, 2.05) is 0 Å². The minimum absolute atomic E-state index is 0.0614. The lowest BCUT2D eigenvalue weighted by atomic mass is 9.93. The summed E-state index contributed by atoms with van der Waals surface area (Å²) in [6.07, 6.45) is 0.446. The van der Waals surface area contributed by atoms with Gasteiger partial charge in [0.2, 0.25) is 0 Å². The van der Waals surface area contributed by atoms with E-state index in [4.69, 9.17) is 15.4 Å². The highest BCUT2D eigenvalue weighted by Gasteiger charge is 2.37. The van der Waals surface area contributed by atoms with Crippen molar-refractivity contribution in [3.8, 4) is 12.1 Å². The molecule has 2 unspecified atom stereocenters. The summed E-state index contributed by atoms with van der Waals surface area (Å²) in [5.74, 6) is 0.314. The third kappa shape index (κ3) is 2.23. The van der Waals surface area contributed by atoms with Crippen LogP contribution in [0, 0.1) is 34.5 Å². The molecule has 0 N–H and O–H groups in total. The fourth-order valence-corrected chi connectivity index (χ4v) is 1.85. The quantitative estimate of drug-likeness (QED) is 0.678. The molecule has 0 radical (unpaired) electrons. The zero-order chi connectivity index (χ0) is 10.6. The fraction of sp³-hybridized carbons (Fsp3) is 0.800. The van der Waals surface area contributed by atoms with Gasteiger partial charge in [-0.3, -0.25) is 4.84 Å². The first-order valence-electron chi connectivity index (χ1n) is 4.86. The van der Waals surface area contributed by atoms with Gasteiger partial charge in [-0.05, 0) is 5.92 Å². The first-order chi connectivity index (χ1) is 6.70. The van der Waals surface area contributed by atoms with Crippen LogP contribution >= 0.6 is 0 Å². The highest BCUT2D eigenvalue weighted by atomic mass is 16.7. The van der Waals surface area contributed by atoms with Gasteiger partial charge in [0.05, 0.1) is 37.1 Å². The van der Waals surface area contributed by atoms with E-state index < -0.39 is 0 Å². The third-order valence-electron chi connectivity index (χ3n) is 2.46. The van der Waals surface area contributed by atoms with Crippen molar-refractivity contribution in [3.63, 3.8) is 0 Å². The molecule has 0 aromatic carbocycles. The number of rotatable bonds is 3. The van der Waals surface area contributed by atoms with Crippen molar-refractivity contribution >= 4 is 0 Å². The standard InChI is InChI=1S/C10H15N3O/c1-8(2)10-9(6-12)7-14-13(10)5-3-4-11/h8-10H,3,5,7H2,1-2H3. The number of hydroxylamine groups is 2. The molecule has 0 bridgehead atoms. The maximum atomic E-state index is 8.91. The van der Waals surface area contributed by atoms with Crippen LogP contribution < -0.4 is 0 Å². The molecule has 2 atom stereocenters. The van der Waals surface area contributed by atoms with Gasteiger partial charge in [0.1, 0.15) is 0 Å². The van der Waals surface area contributed by atoms with E-state index >= 15 is 0 Å². The molecular formula is C10H15N3O. The molecule has 0 aliphatic carbocycles. The Morgan fingerprint density at radius 3 is 2.71 bits per heavy atom. The minimum Gasteiger partial charge on any atom is -0.297 e. The molecule has 0 spiro atoms. The van der Waals surface area contributed by atoms with Crippen molar-refractivity contribution in [2.45, 2.75) is 26.3 Å². The zero-order valence-electron chi connectivity index (χ0n) is 8.60. The smallest absolute Gasteiger partial charge is 0.0897 e. The maximum absolute atomic E-state index is 8.91. The van der Waals surface area contributed by atoms with Gasteiger partial charge in [-0.25, -0.2) is 0 Å². The van der Waals surface area contributed by atoms with Crippen molar-refractivity contribution in [1.82, 2.24) is 5.06 Å². The lowest BCUT2D eigenvalue weighted by Crippen LogP contribution is -2.36. The molecule has 4 nitrogen and oxygen atoms in total. The molecule has 0 aromatic rings. The molecule has 14 heavy (non-hydrogen) atoms. The van der Waals surface area contributed by atoms with Crippen molar-refractivity contribution in [2.75, 3.05) is 13.2 Å². The second kappa shape index (κ2) is 4.95. The van der Waals surface area contributed by atoms with Crippen LogP contribution in [-0.4, -0.2) is 24.3 Å². The van der Waals surface area contributed by atoms with Gasteiger partial charge in [-0.1, -0.05) is 13.8 Å². The van der Waals surface area contributed by atoms with E-state index in [2.05, 4.69) is 26.0 Å². The minimum atomic E-state index is -0.0614. The van der Waals surface area contributed by atoms with Crippen LogP contribution in [0.25, 0.3) is 0 Å². The predicted octanol–water partition coefficient (Wildman–Crippen LogP) is 1.31. The average Bonchev–Trinajstić information content (AvgIpc) is 2.57. The van der Waals surface area contributed by atoms with Crippen LogP contribution in [-0.2, 0) is 4.84 Å². The fourth-order valence-electron chi connectivity index (χ4n) is 1.85. The summed E-state index contributed by atoms with van der Waals surface area (Å²) in [6, 6.07) is 4.47. The largest absolute Gasteiger partial charge is 0.297 e. The monoisotopic (exact) mass is 193 g/mol. The second-order valence-electron chi connectivity index (χ2n) is 3.81. The number of hydrogen-bond donors (Lipinski definition) is 0. The normalized spacial score (nSPS) is 27.5. The second-order valence-corrected chi connectivity index (χ2v) is 3.81. The Hall–Kier alpha value is -1.10. The van der Waals surface area contributed by atoms with Crippen LogP contribution in [0.1, 0.15) is 20.3 Å². The number of nitrogens with zero attached hydrogens (tertiary/aromatic N) is 3. The summed E-state index contributed by atoms with van der Waals surface area (Å²) in [5, 5.41) is 19.2. The van der Waals surface area contributed by atoms with Gasteiger partial charge in [-0.2, -0.15) is 15.6 Å². The molecule has 1 saturated heterocycles. The van der Waals surface area contributed by atoms with Crippen LogP contribution in [0.3, 0.4) is 0 Å². The van der Waals surface area contributed by atoms with Gasteiger partial charge in [0.15, 0.2) is 0 Å². The summed E-state index contributed by atoms with van der Waals surface area (Å²) in [4.78, 5) is 5.39. The predicted molar refractivity (Wildman–Crippen MR) is 50.6 cm³/mol. The Bertz CT molecular complexity index is 264. The molecule has 0 amide bonds. The SMILES string of the molecule is CC(C)C1C(C#N)CON1CCC#N. The molecule has 4 heteroatoms. The Labute approximate surface area is 84.6 Å². The molecule has 1 heterocycles. The Kier molecular flexibility index (Phi) is 3.88. The Morgan fingerprint density at radius 2 is 2.21 bits per heavy atom. The molecule has 1 rings (SSSR count). The highest BCUT2D eigenvalue weighted by Crippen LogP contribution is 2.26. The number of nitriles is 2. The molecule has 0 saturated carbocycles. The topological polar surface area (TPSA) is 60.0 Å². The summed E-state index contributed by atoms with van der Waals surface area (Å²) in [6.45, 7) is 5.20. The number of hydrogen-bond acceptors (Lipinski definition) is 4. The molecular weight excluding hydrogens is 178 g/mol. The van der Waals surface area contributed by atoms with Crippen LogP contribution in [0.5, 0.6) is 0 Å². The summed E-state index contributed by atoms with van der Waals surface area (Å²) >= 11 is 0. The van der Waals surface area contributed by atoms with E-state index in [1.165, 1.54) is 0 Å². The van der Waals surface area contributed by atoms with Gasteiger partial charge < -0.3 is 0 Å². The van der Waals surface area contributed by atoms with Crippen LogP contribution in [0.4, 0.5) is 0 Å². The zero-order valence-corrected chi connectivity index (χ0v) is 8.60. The summed E-state index contributed by atoms with van der Waals surface area (Å²) < 4.78 is 0. The maximum Gasteiger partial charge on any atom is 0.0897 e. The molecule has 1 aliphatic rings. The lowest BCUT2D eigenvalue weighted by molar-refractivity contribution is -0.137. The van der Waals surface area contributed by atoms with E-state index in [0.717, 1.165) is 0 Å². The van der Waals surface area contributed by atoms with Gasteiger partial charge in [0, 0.05) is 6.54 Å². The summed E-state index contributed by atoms with van der Waals surface area (Å²) in [5.41, 5.74) is 0.